The van der Waals surface area contributed by atoms with E-state index < -0.39 is 0 Å². The third kappa shape index (κ3) is 2.62. The van der Waals surface area contributed by atoms with Gasteiger partial charge in [0, 0.05) is 49.3 Å². The molecule has 0 saturated heterocycles. The zero-order valence-electron chi connectivity index (χ0n) is 14.4. The predicted molar refractivity (Wildman–Crippen MR) is 94.5 cm³/mol. The summed E-state index contributed by atoms with van der Waals surface area (Å²) in [7, 11) is 2.04. The molecule has 2 aromatic heterocycles. The quantitative estimate of drug-likeness (QED) is 0.736. The lowest BCUT2D eigenvalue weighted by Crippen LogP contribution is -2.27. The maximum absolute atomic E-state index is 5.44. The molecule has 0 bridgehead atoms. The fourth-order valence-corrected chi connectivity index (χ4v) is 3.66. The zero-order valence-corrected chi connectivity index (χ0v) is 14.4. The lowest BCUT2D eigenvalue weighted by atomic mass is 10.0. The molecule has 1 aromatic carbocycles. The number of hydrogen-bond acceptors (Lipinski definition) is 5. The van der Waals surface area contributed by atoms with E-state index in [-0.39, 0.29) is 0 Å². The Bertz CT molecular complexity index is 894. The van der Waals surface area contributed by atoms with Crippen LogP contribution in [-0.2, 0) is 19.9 Å². The second-order valence-electron chi connectivity index (χ2n) is 6.96. The van der Waals surface area contributed by atoms with E-state index in [2.05, 4.69) is 39.3 Å². The van der Waals surface area contributed by atoms with Gasteiger partial charge in [0.1, 0.15) is 0 Å². The van der Waals surface area contributed by atoms with Crippen LogP contribution in [0.1, 0.15) is 35.9 Å². The third-order valence-corrected chi connectivity index (χ3v) is 5.21. The number of nitrogens with zero attached hydrogens (tertiary/aromatic N) is 5. The Kier molecular flexibility index (Phi) is 3.36. The molecule has 0 N–H and O–H groups in total. The molecule has 128 valence electrons. The zero-order chi connectivity index (χ0) is 16.8. The standard InChI is InChI=1S/C19H21N5O/c1-23-16-10-12-24(19-20-18(25-22-19)14-7-8-14)11-9-15(16)17(21-23)13-5-3-2-4-6-13/h2-6,14H,7-12H2,1H3. The van der Waals surface area contributed by atoms with Crippen molar-refractivity contribution in [2.24, 2.45) is 7.05 Å². The van der Waals surface area contributed by atoms with E-state index in [1.165, 1.54) is 29.7 Å². The summed E-state index contributed by atoms with van der Waals surface area (Å²) in [6, 6.07) is 10.4. The number of hydrogen-bond donors (Lipinski definition) is 0. The minimum Gasteiger partial charge on any atom is -0.337 e. The van der Waals surface area contributed by atoms with E-state index in [9.17, 15) is 0 Å². The molecule has 1 aliphatic heterocycles. The summed E-state index contributed by atoms with van der Waals surface area (Å²) < 4.78 is 7.47. The minimum atomic E-state index is 0.499. The second-order valence-corrected chi connectivity index (χ2v) is 6.96. The summed E-state index contributed by atoms with van der Waals surface area (Å²) in [4.78, 5) is 6.85. The molecule has 0 amide bonds. The molecule has 0 radical (unpaired) electrons. The molecule has 6 heteroatoms. The van der Waals surface area contributed by atoms with Crippen LogP contribution in [0.2, 0.25) is 0 Å². The molecule has 1 aliphatic carbocycles. The Balaban J connectivity index is 1.43. The van der Waals surface area contributed by atoms with Crippen LogP contribution in [0.25, 0.3) is 11.3 Å². The molecule has 1 fully saturated rings. The predicted octanol–water partition coefficient (Wildman–Crippen LogP) is 2.95. The van der Waals surface area contributed by atoms with Crippen molar-refractivity contribution in [3.63, 3.8) is 0 Å². The van der Waals surface area contributed by atoms with E-state index in [0.29, 0.717) is 5.92 Å². The fraction of sp³-hybridized carbons (Fsp3) is 0.421. The highest BCUT2D eigenvalue weighted by Gasteiger charge is 2.31. The summed E-state index contributed by atoms with van der Waals surface area (Å²) in [6.07, 6.45) is 4.25. The van der Waals surface area contributed by atoms with Gasteiger partial charge < -0.3 is 9.42 Å². The Morgan fingerprint density at radius 2 is 1.88 bits per heavy atom. The molecule has 0 spiro atoms. The van der Waals surface area contributed by atoms with E-state index in [1.807, 2.05) is 17.8 Å². The Labute approximate surface area is 146 Å². The first kappa shape index (κ1) is 14.7. The van der Waals surface area contributed by atoms with Gasteiger partial charge in [-0.25, -0.2) is 0 Å². The second kappa shape index (κ2) is 5.72. The molecule has 1 saturated carbocycles. The van der Waals surface area contributed by atoms with E-state index in [4.69, 9.17) is 9.62 Å². The number of fused-ring (bicyclic) bond motifs is 1. The summed E-state index contributed by atoms with van der Waals surface area (Å²) in [5, 5.41) is 9.00. The van der Waals surface area contributed by atoms with Gasteiger partial charge in [-0.3, -0.25) is 4.68 Å². The molecule has 3 heterocycles. The van der Waals surface area contributed by atoms with Crippen molar-refractivity contribution >= 4 is 5.95 Å². The Morgan fingerprint density at radius 3 is 2.68 bits per heavy atom. The van der Waals surface area contributed by atoms with Crippen LogP contribution in [0.3, 0.4) is 0 Å². The number of aryl methyl sites for hydroxylation is 1. The van der Waals surface area contributed by atoms with Crippen LogP contribution in [-0.4, -0.2) is 33.0 Å². The maximum Gasteiger partial charge on any atom is 0.266 e. The summed E-state index contributed by atoms with van der Waals surface area (Å²) >= 11 is 0. The summed E-state index contributed by atoms with van der Waals surface area (Å²) in [5.41, 5.74) is 4.95. The van der Waals surface area contributed by atoms with Crippen LogP contribution < -0.4 is 4.90 Å². The highest BCUT2D eigenvalue weighted by Crippen LogP contribution is 2.39. The molecule has 2 aliphatic rings. The third-order valence-electron chi connectivity index (χ3n) is 5.21. The van der Waals surface area contributed by atoms with Crippen molar-refractivity contribution < 1.29 is 4.52 Å². The molecule has 6 nitrogen and oxygen atoms in total. The first-order valence-electron chi connectivity index (χ1n) is 8.98. The fourth-order valence-electron chi connectivity index (χ4n) is 3.66. The first-order valence-corrected chi connectivity index (χ1v) is 8.98. The highest BCUT2D eigenvalue weighted by atomic mass is 16.5. The van der Waals surface area contributed by atoms with Crippen molar-refractivity contribution in [1.29, 1.82) is 0 Å². The van der Waals surface area contributed by atoms with Crippen LogP contribution in [0.4, 0.5) is 5.95 Å². The molecular formula is C19H21N5O. The largest absolute Gasteiger partial charge is 0.337 e. The van der Waals surface area contributed by atoms with Crippen LogP contribution in [0.5, 0.6) is 0 Å². The van der Waals surface area contributed by atoms with Gasteiger partial charge in [-0.05, 0) is 24.4 Å². The topological polar surface area (TPSA) is 60.0 Å². The van der Waals surface area contributed by atoms with Crippen molar-refractivity contribution in [2.45, 2.75) is 31.6 Å². The van der Waals surface area contributed by atoms with Crippen molar-refractivity contribution in [3.05, 3.63) is 47.5 Å². The average Bonchev–Trinajstić information content (AvgIpc) is 3.35. The number of aromatic nitrogens is 4. The Hall–Kier alpha value is -2.63. The minimum absolute atomic E-state index is 0.499. The maximum atomic E-state index is 5.44. The van der Waals surface area contributed by atoms with Gasteiger partial charge in [0.05, 0.1) is 5.69 Å². The van der Waals surface area contributed by atoms with E-state index in [1.54, 1.807) is 0 Å². The van der Waals surface area contributed by atoms with Gasteiger partial charge >= 0.3 is 0 Å². The van der Waals surface area contributed by atoms with Crippen molar-refractivity contribution in [1.82, 2.24) is 19.9 Å². The number of rotatable bonds is 3. The molecule has 0 atom stereocenters. The van der Waals surface area contributed by atoms with E-state index in [0.717, 1.165) is 43.5 Å². The smallest absolute Gasteiger partial charge is 0.266 e. The summed E-state index contributed by atoms with van der Waals surface area (Å²) in [5.74, 6) is 2.05. The van der Waals surface area contributed by atoms with Crippen molar-refractivity contribution in [3.8, 4) is 11.3 Å². The highest BCUT2D eigenvalue weighted by molar-refractivity contribution is 5.64. The van der Waals surface area contributed by atoms with Gasteiger partial charge in [-0.2, -0.15) is 10.1 Å². The molecule has 3 aromatic rings. The van der Waals surface area contributed by atoms with E-state index >= 15 is 0 Å². The van der Waals surface area contributed by atoms with Gasteiger partial charge in [0.15, 0.2) is 0 Å². The molecule has 25 heavy (non-hydrogen) atoms. The van der Waals surface area contributed by atoms with Gasteiger partial charge in [-0.15, -0.1) is 0 Å². The summed E-state index contributed by atoms with van der Waals surface area (Å²) in [6.45, 7) is 1.78. The lowest BCUT2D eigenvalue weighted by Gasteiger charge is -2.17. The molecule has 5 rings (SSSR count). The Morgan fingerprint density at radius 1 is 1.08 bits per heavy atom. The lowest BCUT2D eigenvalue weighted by molar-refractivity contribution is 0.378. The first-order chi connectivity index (χ1) is 12.3. The number of anilines is 1. The van der Waals surface area contributed by atoms with Gasteiger partial charge in [0.2, 0.25) is 5.89 Å². The van der Waals surface area contributed by atoms with Crippen LogP contribution >= 0.6 is 0 Å². The van der Waals surface area contributed by atoms with Crippen LogP contribution in [0, 0.1) is 0 Å². The van der Waals surface area contributed by atoms with Gasteiger partial charge in [-0.1, -0.05) is 30.3 Å². The van der Waals surface area contributed by atoms with Crippen LogP contribution in [0.15, 0.2) is 34.9 Å². The SMILES string of the molecule is Cn1nc(-c2ccccc2)c2c1CCN(c1noc(C3CC3)n1)CC2. The normalized spacial score (nSPS) is 17.4. The average molecular weight is 335 g/mol. The molecule has 0 unspecified atom stereocenters. The number of benzene rings is 1. The molecular weight excluding hydrogens is 314 g/mol. The monoisotopic (exact) mass is 335 g/mol. The van der Waals surface area contributed by atoms with Gasteiger partial charge in [0.25, 0.3) is 5.95 Å². The van der Waals surface area contributed by atoms with Crippen molar-refractivity contribution in [2.75, 3.05) is 18.0 Å².